The highest BCUT2D eigenvalue weighted by Crippen LogP contribution is 2.35. The van der Waals surface area contributed by atoms with E-state index in [1.165, 1.54) is 6.42 Å². The van der Waals surface area contributed by atoms with Crippen molar-refractivity contribution in [2.75, 3.05) is 19.7 Å². The minimum absolute atomic E-state index is 0.0486. The quantitative estimate of drug-likeness (QED) is 0.899. The Balaban J connectivity index is 1.43. The van der Waals surface area contributed by atoms with E-state index in [2.05, 4.69) is 29.3 Å². The van der Waals surface area contributed by atoms with E-state index in [1.807, 2.05) is 0 Å². The number of likely N-dealkylation sites (tertiary alicyclic amines) is 1. The number of ether oxygens (including phenoxy) is 1. The lowest BCUT2D eigenvalue weighted by Gasteiger charge is -2.40. The van der Waals surface area contributed by atoms with Crippen LogP contribution in [0.1, 0.15) is 44.1 Å². The minimum atomic E-state index is 0.0486. The summed E-state index contributed by atoms with van der Waals surface area (Å²) in [5.74, 6) is 2.67. The summed E-state index contributed by atoms with van der Waals surface area (Å²) in [6, 6.07) is 4.52. The zero-order valence-electron chi connectivity index (χ0n) is 14.5. The summed E-state index contributed by atoms with van der Waals surface area (Å²) < 4.78 is 11.8. The zero-order valence-corrected chi connectivity index (χ0v) is 14.5. The van der Waals surface area contributed by atoms with Crippen LogP contribution < -0.4 is 5.32 Å². The molecule has 1 amide bonds. The molecule has 4 rings (SSSR count). The van der Waals surface area contributed by atoms with Gasteiger partial charge in [0.25, 0.3) is 0 Å². The van der Waals surface area contributed by atoms with E-state index in [9.17, 15) is 4.79 Å². The van der Waals surface area contributed by atoms with Gasteiger partial charge < -0.3 is 14.5 Å². The van der Waals surface area contributed by atoms with E-state index in [1.54, 1.807) is 0 Å². The first-order valence-electron chi connectivity index (χ1n) is 9.45. The molecule has 1 N–H and O–H groups in total. The molecule has 3 atom stereocenters. The summed E-state index contributed by atoms with van der Waals surface area (Å²) in [7, 11) is 0. The number of rotatable bonds is 5. The average molecular weight is 332 g/mol. The van der Waals surface area contributed by atoms with Crippen molar-refractivity contribution < 1.29 is 13.9 Å². The fourth-order valence-electron chi connectivity index (χ4n) is 4.24. The van der Waals surface area contributed by atoms with Gasteiger partial charge in [-0.1, -0.05) is 6.92 Å². The number of nitrogens with zero attached hydrogens (tertiary/aromatic N) is 1. The van der Waals surface area contributed by atoms with Crippen LogP contribution in [0.4, 0.5) is 0 Å². The van der Waals surface area contributed by atoms with Gasteiger partial charge in [0.2, 0.25) is 5.91 Å². The molecule has 0 spiro atoms. The van der Waals surface area contributed by atoms with E-state index in [0.29, 0.717) is 12.0 Å². The molecule has 5 nitrogen and oxygen atoms in total. The molecule has 1 saturated carbocycles. The number of furan rings is 1. The molecule has 0 unspecified atom stereocenters. The molecule has 0 aromatic carbocycles. The van der Waals surface area contributed by atoms with Crippen molar-refractivity contribution in [3.8, 4) is 0 Å². The lowest BCUT2D eigenvalue weighted by molar-refractivity contribution is -0.132. The van der Waals surface area contributed by atoms with Crippen molar-refractivity contribution >= 4 is 5.91 Å². The molecule has 1 aromatic rings. The second kappa shape index (κ2) is 6.89. The Morgan fingerprint density at radius 1 is 1.25 bits per heavy atom. The molecule has 3 heterocycles. The van der Waals surface area contributed by atoms with Gasteiger partial charge in [-0.3, -0.25) is 9.69 Å². The van der Waals surface area contributed by atoms with Gasteiger partial charge in [-0.15, -0.1) is 0 Å². The number of amides is 1. The van der Waals surface area contributed by atoms with Crippen molar-refractivity contribution in [3.05, 3.63) is 23.7 Å². The molecule has 1 aliphatic carbocycles. The monoisotopic (exact) mass is 332 g/mol. The first kappa shape index (κ1) is 16.2. The van der Waals surface area contributed by atoms with Gasteiger partial charge in [0.15, 0.2) is 0 Å². The number of hydrogen-bond acceptors (Lipinski definition) is 4. The number of carbonyl (C=O) groups is 1. The highest BCUT2D eigenvalue weighted by molar-refractivity contribution is 5.80. The van der Waals surface area contributed by atoms with Gasteiger partial charge in [-0.2, -0.15) is 0 Å². The Kier molecular flexibility index (Phi) is 4.63. The third-order valence-electron chi connectivity index (χ3n) is 5.90. The lowest BCUT2D eigenvalue weighted by atomic mass is 9.81. The molecule has 5 heteroatoms. The van der Waals surface area contributed by atoms with Crippen molar-refractivity contribution in [1.82, 2.24) is 10.2 Å². The molecule has 1 aromatic heterocycles. The summed E-state index contributed by atoms with van der Waals surface area (Å²) in [6.07, 6.45) is 5.64. The van der Waals surface area contributed by atoms with Gasteiger partial charge in [-0.05, 0) is 37.8 Å². The van der Waals surface area contributed by atoms with Crippen LogP contribution in [0.25, 0.3) is 0 Å². The van der Waals surface area contributed by atoms with Gasteiger partial charge in [0.1, 0.15) is 11.5 Å². The molecule has 132 valence electrons. The maximum Gasteiger partial charge on any atom is 0.225 e. The van der Waals surface area contributed by atoms with Gasteiger partial charge >= 0.3 is 0 Å². The summed E-state index contributed by atoms with van der Waals surface area (Å²) in [6.45, 7) is 5.36. The standard InChI is InChI=1S/C19H28N2O3/c1-2-14-6-7-15(24-14)10-21-11-17(16-8-9-23-18(16)12-21)19(22)20-13-4-3-5-13/h6-7,13,16-18H,2-5,8-12H2,1H3,(H,20,22)/t16-,17-,18+/m0/s1. The Bertz CT molecular complexity index is 581. The molecule has 0 radical (unpaired) electrons. The van der Waals surface area contributed by atoms with Gasteiger partial charge in [0, 0.05) is 38.1 Å². The molecule has 2 aliphatic heterocycles. The number of carbonyl (C=O) groups excluding carboxylic acids is 1. The van der Waals surface area contributed by atoms with Crippen molar-refractivity contribution in [3.63, 3.8) is 0 Å². The highest BCUT2D eigenvalue weighted by atomic mass is 16.5. The molecular weight excluding hydrogens is 304 g/mol. The van der Waals surface area contributed by atoms with Crippen LogP contribution in [0.3, 0.4) is 0 Å². The van der Waals surface area contributed by atoms with Gasteiger partial charge in [0.05, 0.1) is 18.6 Å². The third-order valence-corrected chi connectivity index (χ3v) is 5.90. The largest absolute Gasteiger partial charge is 0.465 e. The van der Waals surface area contributed by atoms with Gasteiger partial charge in [-0.25, -0.2) is 0 Å². The van der Waals surface area contributed by atoms with E-state index in [4.69, 9.17) is 9.15 Å². The Labute approximate surface area is 143 Å². The van der Waals surface area contributed by atoms with Crippen LogP contribution in [0.15, 0.2) is 16.5 Å². The number of fused-ring (bicyclic) bond motifs is 1. The van der Waals surface area contributed by atoms with E-state index >= 15 is 0 Å². The zero-order chi connectivity index (χ0) is 16.5. The third kappa shape index (κ3) is 3.24. The van der Waals surface area contributed by atoms with Crippen LogP contribution in [-0.2, 0) is 22.5 Å². The second-order valence-corrected chi connectivity index (χ2v) is 7.52. The van der Waals surface area contributed by atoms with Crippen molar-refractivity contribution in [1.29, 1.82) is 0 Å². The molecule has 0 bridgehead atoms. The molecular formula is C19H28N2O3. The van der Waals surface area contributed by atoms with Crippen LogP contribution in [0, 0.1) is 11.8 Å². The first-order chi connectivity index (χ1) is 11.7. The summed E-state index contributed by atoms with van der Waals surface area (Å²) >= 11 is 0. The fraction of sp³-hybridized carbons (Fsp3) is 0.737. The molecule has 3 fully saturated rings. The Morgan fingerprint density at radius 2 is 2.08 bits per heavy atom. The van der Waals surface area contributed by atoms with E-state index in [0.717, 1.165) is 63.4 Å². The maximum atomic E-state index is 12.8. The smallest absolute Gasteiger partial charge is 0.225 e. The van der Waals surface area contributed by atoms with E-state index < -0.39 is 0 Å². The number of piperidine rings is 1. The number of aryl methyl sites for hydroxylation is 1. The van der Waals surface area contributed by atoms with Crippen LogP contribution in [-0.4, -0.2) is 42.6 Å². The normalized spacial score (nSPS) is 30.8. The maximum absolute atomic E-state index is 12.8. The highest BCUT2D eigenvalue weighted by Gasteiger charge is 2.44. The fourth-order valence-corrected chi connectivity index (χ4v) is 4.24. The summed E-state index contributed by atoms with van der Waals surface area (Å²) in [4.78, 5) is 15.1. The Hall–Kier alpha value is -1.33. The second-order valence-electron chi connectivity index (χ2n) is 7.52. The lowest BCUT2D eigenvalue weighted by Crippen LogP contribution is -2.54. The predicted octanol–water partition coefficient (Wildman–Crippen LogP) is 2.35. The Morgan fingerprint density at radius 3 is 2.79 bits per heavy atom. The van der Waals surface area contributed by atoms with Crippen LogP contribution in [0.5, 0.6) is 0 Å². The first-order valence-corrected chi connectivity index (χ1v) is 9.45. The molecule has 2 saturated heterocycles. The summed E-state index contributed by atoms with van der Waals surface area (Å²) in [5.41, 5.74) is 0. The number of nitrogens with one attached hydrogen (secondary N) is 1. The number of hydrogen-bond donors (Lipinski definition) is 1. The van der Waals surface area contributed by atoms with Crippen LogP contribution in [0.2, 0.25) is 0 Å². The molecule has 3 aliphatic rings. The minimum Gasteiger partial charge on any atom is -0.465 e. The molecule has 24 heavy (non-hydrogen) atoms. The van der Waals surface area contributed by atoms with Crippen LogP contribution >= 0.6 is 0 Å². The summed E-state index contributed by atoms with van der Waals surface area (Å²) in [5, 5.41) is 3.25. The van der Waals surface area contributed by atoms with Crippen molar-refractivity contribution in [2.45, 2.75) is 57.7 Å². The van der Waals surface area contributed by atoms with E-state index in [-0.39, 0.29) is 17.9 Å². The topological polar surface area (TPSA) is 54.7 Å². The van der Waals surface area contributed by atoms with Crippen molar-refractivity contribution in [2.24, 2.45) is 11.8 Å². The average Bonchev–Trinajstić information content (AvgIpc) is 3.18. The SMILES string of the molecule is CCc1ccc(CN2C[C@H](C(=O)NC3CCC3)[C@@H]3CCO[C@@H]3C2)o1. The predicted molar refractivity (Wildman–Crippen MR) is 90.5 cm³/mol.